The second-order valence-electron chi connectivity index (χ2n) is 6.41. The molecule has 0 spiro atoms. The number of fused-ring (bicyclic) bond motifs is 1. The van der Waals surface area contributed by atoms with Crippen molar-refractivity contribution in [2.75, 3.05) is 31.1 Å². The van der Waals surface area contributed by atoms with Gasteiger partial charge in [0.2, 0.25) is 5.89 Å². The third-order valence-corrected chi connectivity index (χ3v) is 4.62. The van der Waals surface area contributed by atoms with Gasteiger partial charge >= 0.3 is 0 Å². The Morgan fingerprint density at radius 2 is 2.00 bits per heavy atom. The lowest BCUT2D eigenvalue weighted by atomic mass is 10.3. The molecule has 0 N–H and O–H groups in total. The molecule has 0 unspecified atom stereocenters. The zero-order valence-corrected chi connectivity index (χ0v) is 13.2. The van der Waals surface area contributed by atoms with Gasteiger partial charge in [0.15, 0.2) is 11.5 Å². The van der Waals surface area contributed by atoms with E-state index in [1.165, 1.54) is 12.8 Å². The predicted molar refractivity (Wildman–Crippen MR) is 84.5 cm³/mol. The van der Waals surface area contributed by atoms with Gasteiger partial charge in [0.25, 0.3) is 0 Å². The van der Waals surface area contributed by atoms with Crippen LogP contribution in [0.4, 0.5) is 5.82 Å². The summed E-state index contributed by atoms with van der Waals surface area (Å²) in [5.41, 5.74) is 0.765. The van der Waals surface area contributed by atoms with E-state index in [1.807, 2.05) is 12.1 Å². The Labute approximate surface area is 138 Å². The van der Waals surface area contributed by atoms with Crippen LogP contribution >= 0.6 is 0 Å². The van der Waals surface area contributed by atoms with Gasteiger partial charge in [0.1, 0.15) is 12.1 Å². The monoisotopic (exact) mass is 326 g/mol. The summed E-state index contributed by atoms with van der Waals surface area (Å²) in [5, 5.41) is 16.5. The molecule has 0 amide bonds. The van der Waals surface area contributed by atoms with Gasteiger partial charge in [-0.25, -0.2) is 0 Å². The lowest BCUT2D eigenvalue weighted by Gasteiger charge is -2.34. The van der Waals surface area contributed by atoms with Gasteiger partial charge in [-0.2, -0.15) is 9.50 Å². The van der Waals surface area contributed by atoms with Crippen LogP contribution in [0.25, 0.3) is 5.65 Å². The summed E-state index contributed by atoms with van der Waals surface area (Å²) >= 11 is 0. The second kappa shape index (κ2) is 5.52. The smallest absolute Gasteiger partial charge is 0.229 e. The van der Waals surface area contributed by atoms with Crippen molar-refractivity contribution in [1.82, 2.24) is 34.9 Å². The number of rotatable bonds is 4. The average Bonchev–Trinajstić information content (AvgIpc) is 3.17. The number of piperazine rings is 1. The van der Waals surface area contributed by atoms with Crippen molar-refractivity contribution in [3.05, 3.63) is 30.2 Å². The van der Waals surface area contributed by atoms with Crippen LogP contribution in [0.2, 0.25) is 0 Å². The maximum atomic E-state index is 5.33. The molecular weight excluding hydrogens is 308 g/mol. The molecule has 24 heavy (non-hydrogen) atoms. The van der Waals surface area contributed by atoms with Gasteiger partial charge in [-0.15, -0.1) is 15.3 Å². The minimum Gasteiger partial charge on any atom is -0.353 e. The highest BCUT2D eigenvalue weighted by molar-refractivity contribution is 5.45. The lowest BCUT2D eigenvalue weighted by molar-refractivity contribution is 0.239. The zero-order valence-electron chi connectivity index (χ0n) is 13.2. The van der Waals surface area contributed by atoms with E-state index in [0.717, 1.165) is 55.9 Å². The molecular formula is C15H18N8O. The first-order chi connectivity index (χ1) is 11.8. The van der Waals surface area contributed by atoms with Crippen LogP contribution in [0.1, 0.15) is 30.5 Å². The molecule has 2 fully saturated rings. The van der Waals surface area contributed by atoms with Gasteiger partial charge in [0.05, 0.1) is 6.54 Å². The molecule has 9 nitrogen and oxygen atoms in total. The number of nitrogens with zero attached hydrogens (tertiary/aromatic N) is 8. The lowest BCUT2D eigenvalue weighted by Crippen LogP contribution is -2.46. The van der Waals surface area contributed by atoms with Crippen molar-refractivity contribution in [1.29, 1.82) is 0 Å². The van der Waals surface area contributed by atoms with E-state index in [4.69, 9.17) is 4.52 Å². The predicted octanol–water partition coefficient (Wildman–Crippen LogP) is 0.707. The molecule has 0 atom stereocenters. The molecule has 1 aliphatic carbocycles. The Hall–Kier alpha value is -2.55. The number of aromatic nitrogens is 6. The molecule has 4 heterocycles. The maximum Gasteiger partial charge on any atom is 0.229 e. The Bertz CT molecular complexity index is 846. The van der Waals surface area contributed by atoms with E-state index in [-0.39, 0.29) is 0 Å². The molecule has 2 aliphatic rings. The SMILES string of the molecule is c1cc2nncn2nc1N1CCN(Cc2noc(C3CC3)n2)CC1. The van der Waals surface area contributed by atoms with Crippen LogP contribution in [0, 0.1) is 0 Å². The molecule has 3 aromatic rings. The first-order valence-electron chi connectivity index (χ1n) is 8.32. The van der Waals surface area contributed by atoms with Crippen molar-refractivity contribution in [3.8, 4) is 0 Å². The first-order valence-corrected chi connectivity index (χ1v) is 8.32. The fourth-order valence-electron chi connectivity index (χ4n) is 3.05. The van der Waals surface area contributed by atoms with Crippen LogP contribution in [0.3, 0.4) is 0 Å². The molecule has 1 aliphatic heterocycles. The first kappa shape index (κ1) is 13.8. The highest BCUT2D eigenvalue weighted by Crippen LogP contribution is 2.38. The van der Waals surface area contributed by atoms with E-state index in [0.29, 0.717) is 5.92 Å². The van der Waals surface area contributed by atoms with Crippen molar-refractivity contribution < 1.29 is 4.52 Å². The van der Waals surface area contributed by atoms with Crippen molar-refractivity contribution in [2.45, 2.75) is 25.3 Å². The molecule has 0 bridgehead atoms. The fraction of sp³-hybridized carbons (Fsp3) is 0.533. The molecule has 124 valence electrons. The van der Waals surface area contributed by atoms with Crippen LogP contribution in [0.15, 0.2) is 23.0 Å². The molecule has 1 saturated carbocycles. The topological polar surface area (TPSA) is 88.5 Å². The summed E-state index contributed by atoms with van der Waals surface area (Å²) in [6, 6.07) is 3.95. The molecule has 9 heteroatoms. The quantitative estimate of drug-likeness (QED) is 0.692. The van der Waals surface area contributed by atoms with Crippen molar-refractivity contribution in [2.24, 2.45) is 0 Å². The van der Waals surface area contributed by atoms with Crippen molar-refractivity contribution >= 4 is 11.5 Å². The second-order valence-corrected chi connectivity index (χ2v) is 6.41. The van der Waals surface area contributed by atoms with Gasteiger partial charge in [-0.05, 0) is 25.0 Å². The Morgan fingerprint density at radius 1 is 1.12 bits per heavy atom. The van der Waals surface area contributed by atoms with Gasteiger partial charge in [-0.1, -0.05) is 5.16 Å². The van der Waals surface area contributed by atoms with E-state index in [9.17, 15) is 0 Å². The van der Waals surface area contributed by atoms with Crippen LogP contribution in [-0.4, -0.2) is 61.0 Å². The summed E-state index contributed by atoms with van der Waals surface area (Å²) in [6.07, 6.45) is 4.00. The zero-order chi connectivity index (χ0) is 15.9. The summed E-state index contributed by atoms with van der Waals surface area (Å²) < 4.78 is 7.04. The maximum absolute atomic E-state index is 5.33. The van der Waals surface area contributed by atoms with Gasteiger partial charge in [-0.3, -0.25) is 4.90 Å². The number of hydrogen-bond acceptors (Lipinski definition) is 8. The Kier molecular flexibility index (Phi) is 3.18. The third-order valence-electron chi connectivity index (χ3n) is 4.62. The van der Waals surface area contributed by atoms with E-state index in [1.54, 1.807) is 10.8 Å². The highest BCUT2D eigenvalue weighted by Gasteiger charge is 2.30. The van der Waals surface area contributed by atoms with Crippen molar-refractivity contribution in [3.63, 3.8) is 0 Å². The van der Waals surface area contributed by atoms with Gasteiger partial charge in [0, 0.05) is 32.1 Å². The Morgan fingerprint density at radius 3 is 2.83 bits per heavy atom. The minimum absolute atomic E-state index is 0.516. The summed E-state index contributed by atoms with van der Waals surface area (Å²) in [5.74, 6) is 3.09. The molecule has 0 aromatic carbocycles. The van der Waals surface area contributed by atoms with E-state index < -0.39 is 0 Å². The largest absolute Gasteiger partial charge is 0.353 e. The summed E-state index contributed by atoms with van der Waals surface area (Å²) in [6.45, 7) is 4.51. The van der Waals surface area contributed by atoms with Crippen LogP contribution in [-0.2, 0) is 6.54 Å². The standard InChI is InChI=1S/C15H18N8O/c1-2-11(1)15-17-12(20-24-15)9-21-5-7-22(8-6-21)14-4-3-13-18-16-10-23(13)19-14/h3-4,10-11H,1-2,5-9H2. The molecule has 0 radical (unpaired) electrons. The average molecular weight is 326 g/mol. The third kappa shape index (κ3) is 2.60. The van der Waals surface area contributed by atoms with E-state index >= 15 is 0 Å². The molecule has 5 rings (SSSR count). The van der Waals surface area contributed by atoms with E-state index in [2.05, 4.69) is 35.2 Å². The molecule has 3 aromatic heterocycles. The highest BCUT2D eigenvalue weighted by atomic mass is 16.5. The molecule has 1 saturated heterocycles. The normalized spacial score (nSPS) is 19.2. The minimum atomic E-state index is 0.516. The Balaban J connectivity index is 1.21. The summed E-state index contributed by atoms with van der Waals surface area (Å²) in [4.78, 5) is 9.15. The van der Waals surface area contributed by atoms with Gasteiger partial charge < -0.3 is 9.42 Å². The number of anilines is 1. The summed E-state index contributed by atoms with van der Waals surface area (Å²) in [7, 11) is 0. The van der Waals surface area contributed by atoms with Crippen LogP contribution in [0.5, 0.6) is 0 Å². The number of hydrogen-bond donors (Lipinski definition) is 0. The fourth-order valence-corrected chi connectivity index (χ4v) is 3.05. The van der Waals surface area contributed by atoms with Crippen LogP contribution < -0.4 is 4.90 Å².